The Morgan fingerprint density at radius 1 is 1.17 bits per heavy atom. The average Bonchev–Trinajstić information content (AvgIpc) is 3.00. The van der Waals surface area contributed by atoms with Gasteiger partial charge in [-0.15, -0.1) is 0 Å². The topological polar surface area (TPSA) is 95.8 Å². The predicted molar refractivity (Wildman–Crippen MR) is 81.8 cm³/mol. The maximum absolute atomic E-state index is 12.6. The van der Waals surface area contributed by atoms with Crippen molar-refractivity contribution in [1.82, 2.24) is 21.0 Å². The number of aromatic nitrogens is 2. The third-order valence-corrected chi connectivity index (χ3v) is 4.14. The van der Waals surface area contributed by atoms with Gasteiger partial charge in [0.2, 0.25) is 0 Å². The van der Waals surface area contributed by atoms with E-state index in [1.165, 1.54) is 12.1 Å². The second kappa shape index (κ2) is 5.91. The Balaban J connectivity index is 1.81. The van der Waals surface area contributed by atoms with E-state index in [1.54, 1.807) is 6.92 Å². The van der Waals surface area contributed by atoms with Gasteiger partial charge in [-0.2, -0.15) is 18.3 Å². The van der Waals surface area contributed by atoms with Gasteiger partial charge in [-0.05, 0) is 31.0 Å². The molecule has 2 unspecified atom stereocenters. The summed E-state index contributed by atoms with van der Waals surface area (Å²) in [5.74, 6) is 0. The number of hydrogen-bond acceptors (Lipinski definition) is 5. The minimum atomic E-state index is -4.36. The minimum Gasteiger partial charge on any atom is -0.394 e. The van der Waals surface area contributed by atoms with Crippen molar-refractivity contribution in [1.29, 1.82) is 0 Å². The quantitative estimate of drug-likeness (QED) is 0.671. The van der Waals surface area contributed by atoms with E-state index in [4.69, 9.17) is 5.73 Å². The summed E-state index contributed by atoms with van der Waals surface area (Å²) in [5.41, 5.74) is 12.7. The third-order valence-electron chi connectivity index (χ3n) is 4.14. The number of halogens is 3. The number of hydrogen-bond donors (Lipinski definition) is 4. The molecule has 2 aromatic rings. The van der Waals surface area contributed by atoms with E-state index in [-0.39, 0.29) is 17.8 Å². The third kappa shape index (κ3) is 3.00. The van der Waals surface area contributed by atoms with Crippen molar-refractivity contribution < 1.29 is 13.2 Å². The fourth-order valence-corrected chi connectivity index (χ4v) is 2.88. The van der Waals surface area contributed by atoms with Crippen LogP contribution in [0.2, 0.25) is 0 Å². The van der Waals surface area contributed by atoms with Crippen molar-refractivity contribution in [3.05, 3.63) is 57.0 Å². The highest BCUT2D eigenvalue weighted by atomic mass is 19.4. The van der Waals surface area contributed by atoms with Crippen LogP contribution in [0.3, 0.4) is 0 Å². The standard InChI is InChI=1S/C15H16F3N5O/c1-7-12(13(19)14(24)23-20-7)11-6-10(21-22-11)8-2-4-9(5-3-8)15(16,17)18/h2-5,10-11,21-22H,6H2,1H3,(H2,19,20)(H,23,24). The molecule has 2 atom stereocenters. The Labute approximate surface area is 135 Å². The normalized spacial score (nSPS) is 21.2. The van der Waals surface area contributed by atoms with Crippen molar-refractivity contribution in [3.63, 3.8) is 0 Å². The number of aromatic amines is 1. The Morgan fingerprint density at radius 2 is 1.79 bits per heavy atom. The van der Waals surface area contributed by atoms with Crippen LogP contribution in [-0.4, -0.2) is 10.2 Å². The summed E-state index contributed by atoms with van der Waals surface area (Å²) >= 11 is 0. The Morgan fingerprint density at radius 3 is 2.42 bits per heavy atom. The molecule has 1 aromatic heterocycles. The molecule has 1 aliphatic rings. The molecule has 128 valence electrons. The molecule has 2 heterocycles. The van der Waals surface area contributed by atoms with Gasteiger partial charge < -0.3 is 5.73 Å². The zero-order valence-electron chi connectivity index (χ0n) is 12.7. The Hall–Kier alpha value is -2.39. The fraction of sp³-hybridized carbons (Fsp3) is 0.333. The molecule has 0 bridgehead atoms. The van der Waals surface area contributed by atoms with Crippen LogP contribution in [0, 0.1) is 6.92 Å². The second-order valence-electron chi connectivity index (χ2n) is 5.71. The van der Waals surface area contributed by atoms with Crippen LogP contribution in [0.1, 0.15) is 40.9 Å². The van der Waals surface area contributed by atoms with Gasteiger partial charge in [0, 0.05) is 11.6 Å². The van der Waals surface area contributed by atoms with Gasteiger partial charge in [0.1, 0.15) is 5.69 Å². The van der Waals surface area contributed by atoms with Crippen molar-refractivity contribution >= 4 is 5.69 Å². The zero-order chi connectivity index (χ0) is 17.5. The second-order valence-corrected chi connectivity index (χ2v) is 5.71. The Kier molecular flexibility index (Phi) is 4.06. The van der Waals surface area contributed by atoms with Crippen molar-refractivity contribution in [2.75, 3.05) is 5.73 Å². The number of rotatable bonds is 2. The first kappa shape index (κ1) is 16.5. The highest BCUT2D eigenvalue weighted by Gasteiger charge is 2.32. The first-order valence-electron chi connectivity index (χ1n) is 7.30. The highest BCUT2D eigenvalue weighted by Crippen LogP contribution is 2.35. The predicted octanol–water partition coefficient (Wildman–Crippen LogP) is 1.96. The molecule has 0 aliphatic carbocycles. The molecule has 1 fully saturated rings. The lowest BCUT2D eigenvalue weighted by Gasteiger charge is -2.14. The molecule has 9 heteroatoms. The summed E-state index contributed by atoms with van der Waals surface area (Å²) in [6.45, 7) is 1.73. The number of benzene rings is 1. The molecule has 6 nitrogen and oxygen atoms in total. The molecular weight excluding hydrogens is 323 g/mol. The number of hydrazine groups is 1. The lowest BCUT2D eigenvalue weighted by Crippen LogP contribution is -2.29. The first-order valence-corrected chi connectivity index (χ1v) is 7.30. The molecule has 1 aromatic carbocycles. The van der Waals surface area contributed by atoms with Gasteiger partial charge in [0.15, 0.2) is 0 Å². The van der Waals surface area contributed by atoms with Crippen molar-refractivity contribution in [3.8, 4) is 0 Å². The van der Waals surface area contributed by atoms with Crippen molar-refractivity contribution in [2.45, 2.75) is 31.6 Å². The SMILES string of the molecule is Cc1n[nH]c(=O)c(N)c1C1CC(c2ccc(C(F)(F)F)cc2)NN1. The smallest absolute Gasteiger partial charge is 0.394 e. The first-order chi connectivity index (χ1) is 11.3. The number of nitrogen functional groups attached to an aromatic ring is 1. The number of anilines is 1. The van der Waals surface area contributed by atoms with Crippen LogP contribution in [0.25, 0.3) is 0 Å². The van der Waals surface area contributed by atoms with Crippen LogP contribution in [-0.2, 0) is 6.18 Å². The summed E-state index contributed by atoms with van der Waals surface area (Å²) in [6.07, 6.45) is -3.83. The number of nitrogens with two attached hydrogens (primary N) is 1. The van der Waals surface area contributed by atoms with E-state index in [0.717, 1.165) is 12.1 Å². The lowest BCUT2D eigenvalue weighted by molar-refractivity contribution is -0.137. The zero-order valence-corrected chi connectivity index (χ0v) is 12.7. The number of alkyl halides is 3. The maximum atomic E-state index is 12.6. The van der Waals surface area contributed by atoms with Gasteiger partial charge in [-0.25, -0.2) is 16.0 Å². The summed E-state index contributed by atoms with van der Waals surface area (Å²) in [7, 11) is 0. The molecule has 1 saturated heterocycles. The number of H-pyrrole nitrogens is 1. The molecule has 0 saturated carbocycles. The van der Waals surface area contributed by atoms with E-state index < -0.39 is 17.3 Å². The largest absolute Gasteiger partial charge is 0.416 e. The average molecular weight is 339 g/mol. The van der Waals surface area contributed by atoms with Gasteiger partial charge in [0.05, 0.1) is 17.3 Å². The minimum absolute atomic E-state index is 0.0925. The number of aryl methyl sites for hydroxylation is 1. The maximum Gasteiger partial charge on any atom is 0.416 e. The lowest BCUT2D eigenvalue weighted by atomic mass is 9.96. The molecular formula is C15H16F3N5O. The van der Waals surface area contributed by atoms with Crippen LogP contribution < -0.4 is 22.1 Å². The molecule has 0 amide bonds. The molecule has 1 aliphatic heterocycles. The summed E-state index contributed by atoms with van der Waals surface area (Å²) in [5, 5.41) is 6.22. The molecule has 5 N–H and O–H groups in total. The molecule has 0 spiro atoms. The van der Waals surface area contributed by atoms with E-state index in [9.17, 15) is 18.0 Å². The van der Waals surface area contributed by atoms with E-state index >= 15 is 0 Å². The fourth-order valence-electron chi connectivity index (χ4n) is 2.88. The highest BCUT2D eigenvalue weighted by molar-refractivity contribution is 5.48. The van der Waals surface area contributed by atoms with Gasteiger partial charge >= 0.3 is 6.18 Å². The monoisotopic (exact) mass is 339 g/mol. The van der Waals surface area contributed by atoms with E-state index in [2.05, 4.69) is 21.0 Å². The van der Waals surface area contributed by atoms with E-state index in [0.29, 0.717) is 23.2 Å². The summed E-state index contributed by atoms with van der Waals surface area (Å²) in [4.78, 5) is 11.6. The van der Waals surface area contributed by atoms with Gasteiger partial charge in [-0.1, -0.05) is 12.1 Å². The molecule has 0 radical (unpaired) electrons. The molecule has 24 heavy (non-hydrogen) atoms. The summed E-state index contributed by atoms with van der Waals surface area (Å²) in [6, 6.07) is 4.54. The number of nitrogens with one attached hydrogen (secondary N) is 3. The van der Waals surface area contributed by atoms with Crippen LogP contribution in [0.15, 0.2) is 29.1 Å². The van der Waals surface area contributed by atoms with E-state index in [1.807, 2.05) is 0 Å². The molecule has 3 rings (SSSR count). The number of nitrogens with zero attached hydrogens (tertiary/aromatic N) is 1. The van der Waals surface area contributed by atoms with Crippen molar-refractivity contribution in [2.24, 2.45) is 0 Å². The Bertz CT molecular complexity index is 800. The van der Waals surface area contributed by atoms with Gasteiger partial charge in [0.25, 0.3) is 5.56 Å². The summed E-state index contributed by atoms with van der Waals surface area (Å²) < 4.78 is 37.9. The van der Waals surface area contributed by atoms with Crippen LogP contribution in [0.5, 0.6) is 0 Å². The van der Waals surface area contributed by atoms with Crippen LogP contribution in [0.4, 0.5) is 18.9 Å². The van der Waals surface area contributed by atoms with Gasteiger partial charge in [-0.3, -0.25) is 4.79 Å². The van der Waals surface area contributed by atoms with Crippen LogP contribution >= 0.6 is 0 Å².